The SMILES string of the molecule is Cc1cc(CO)cc(S(=O)(=O)NC2CCOC2)c1Br. The molecule has 1 fully saturated rings. The van der Waals surface area contributed by atoms with Gasteiger partial charge >= 0.3 is 0 Å². The third-order valence-corrected chi connectivity index (χ3v) is 5.86. The number of benzene rings is 1. The lowest BCUT2D eigenvalue weighted by Crippen LogP contribution is -2.35. The second-order valence-corrected chi connectivity index (χ2v) is 7.04. The molecule has 106 valence electrons. The van der Waals surface area contributed by atoms with Crippen molar-refractivity contribution in [2.45, 2.75) is 30.9 Å². The highest BCUT2D eigenvalue weighted by molar-refractivity contribution is 9.10. The number of aliphatic hydroxyl groups excluding tert-OH is 1. The van der Waals surface area contributed by atoms with Gasteiger partial charge in [0.25, 0.3) is 0 Å². The average molecular weight is 350 g/mol. The van der Waals surface area contributed by atoms with Crippen LogP contribution in [-0.2, 0) is 21.4 Å². The van der Waals surface area contributed by atoms with Gasteiger partial charge in [0, 0.05) is 17.1 Å². The number of aryl methyl sites for hydroxylation is 1. The van der Waals surface area contributed by atoms with E-state index in [4.69, 9.17) is 4.74 Å². The maximum absolute atomic E-state index is 12.4. The summed E-state index contributed by atoms with van der Waals surface area (Å²) >= 11 is 3.30. The van der Waals surface area contributed by atoms with Crippen LogP contribution in [0.25, 0.3) is 0 Å². The van der Waals surface area contributed by atoms with Gasteiger partial charge in [0.2, 0.25) is 10.0 Å². The van der Waals surface area contributed by atoms with Crippen molar-refractivity contribution >= 4 is 26.0 Å². The van der Waals surface area contributed by atoms with Crippen LogP contribution >= 0.6 is 15.9 Å². The minimum Gasteiger partial charge on any atom is -0.392 e. The fourth-order valence-electron chi connectivity index (χ4n) is 2.01. The number of aliphatic hydroxyl groups is 1. The number of hydrogen-bond donors (Lipinski definition) is 2. The summed E-state index contributed by atoms with van der Waals surface area (Å²) in [4.78, 5) is 0.156. The van der Waals surface area contributed by atoms with Crippen molar-refractivity contribution in [1.82, 2.24) is 4.72 Å². The highest BCUT2D eigenvalue weighted by Crippen LogP contribution is 2.27. The number of rotatable bonds is 4. The quantitative estimate of drug-likeness (QED) is 0.859. The van der Waals surface area contributed by atoms with Crippen molar-refractivity contribution in [1.29, 1.82) is 0 Å². The van der Waals surface area contributed by atoms with E-state index in [-0.39, 0.29) is 17.5 Å². The van der Waals surface area contributed by atoms with E-state index in [0.717, 1.165) is 5.56 Å². The summed E-state index contributed by atoms with van der Waals surface area (Å²) in [5, 5.41) is 9.18. The largest absolute Gasteiger partial charge is 0.392 e. The Morgan fingerprint density at radius 3 is 2.84 bits per heavy atom. The van der Waals surface area contributed by atoms with Gasteiger partial charge in [0.1, 0.15) is 0 Å². The number of halogens is 1. The molecule has 0 amide bonds. The molecule has 0 aromatic heterocycles. The molecule has 1 aromatic rings. The summed E-state index contributed by atoms with van der Waals surface area (Å²) in [6.07, 6.45) is 0.676. The monoisotopic (exact) mass is 349 g/mol. The predicted molar refractivity (Wildman–Crippen MR) is 74.3 cm³/mol. The van der Waals surface area contributed by atoms with Crippen LogP contribution in [0.2, 0.25) is 0 Å². The first kappa shape index (κ1) is 14.9. The van der Waals surface area contributed by atoms with E-state index >= 15 is 0 Å². The topological polar surface area (TPSA) is 75.6 Å². The third kappa shape index (κ3) is 3.35. The highest BCUT2D eigenvalue weighted by Gasteiger charge is 2.26. The fourth-order valence-corrected chi connectivity index (χ4v) is 4.33. The van der Waals surface area contributed by atoms with Gasteiger partial charge in [-0.1, -0.05) is 6.07 Å². The Labute approximate surface area is 121 Å². The summed E-state index contributed by atoms with van der Waals surface area (Å²) < 4.78 is 33.0. The smallest absolute Gasteiger partial charge is 0.242 e. The molecule has 1 unspecified atom stereocenters. The number of ether oxygens (including phenoxy) is 1. The van der Waals surface area contributed by atoms with Gasteiger partial charge < -0.3 is 9.84 Å². The van der Waals surface area contributed by atoms with Gasteiger partial charge in [0.15, 0.2) is 0 Å². The van der Waals surface area contributed by atoms with Gasteiger partial charge in [-0.3, -0.25) is 0 Å². The molecule has 2 rings (SSSR count). The Kier molecular flexibility index (Phi) is 4.62. The Morgan fingerprint density at radius 2 is 2.26 bits per heavy atom. The van der Waals surface area contributed by atoms with Crippen LogP contribution < -0.4 is 4.72 Å². The van der Waals surface area contributed by atoms with Crippen molar-refractivity contribution in [3.63, 3.8) is 0 Å². The lowest BCUT2D eigenvalue weighted by Gasteiger charge is -2.14. The first-order valence-corrected chi connectivity index (χ1v) is 8.21. The summed E-state index contributed by atoms with van der Waals surface area (Å²) in [7, 11) is -3.62. The molecule has 1 aliphatic rings. The van der Waals surface area contributed by atoms with Crippen molar-refractivity contribution < 1.29 is 18.3 Å². The van der Waals surface area contributed by atoms with Gasteiger partial charge in [0.05, 0.1) is 18.1 Å². The Balaban J connectivity index is 2.36. The second-order valence-electron chi connectivity index (χ2n) is 4.56. The van der Waals surface area contributed by atoms with Crippen molar-refractivity contribution in [3.8, 4) is 0 Å². The molecule has 1 saturated heterocycles. The maximum Gasteiger partial charge on any atom is 0.242 e. The molecule has 1 heterocycles. The van der Waals surface area contributed by atoms with Crippen LogP contribution in [-0.4, -0.2) is 32.8 Å². The van der Waals surface area contributed by atoms with Crippen LogP contribution in [0.3, 0.4) is 0 Å². The zero-order valence-electron chi connectivity index (χ0n) is 10.5. The van der Waals surface area contributed by atoms with E-state index in [0.29, 0.717) is 29.7 Å². The Morgan fingerprint density at radius 1 is 1.53 bits per heavy atom. The van der Waals surface area contributed by atoms with E-state index in [1.54, 1.807) is 13.0 Å². The van der Waals surface area contributed by atoms with Crippen molar-refractivity contribution in [3.05, 3.63) is 27.7 Å². The highest BCUT2D eigenvalue weighted by atomic mass is 79.9. The minimum absolute atomic E-state index is 0.156. The molecule has 1 aromatic carbocycles. The lowest BCUT2D eigenvalue weighted by atomic mass is 10.1. The molecular weight excluding hydrogens is 334 g/mol. The van der Waals surface area contributed by atoms with Crippen molar-refractivity contribution in [2.24, 2.45) is 0 Å². The van der Waals surface area contributed by atoms with E-state index in [9.17, 15) is 13.5 Å². The van der Waals surface area contributed by atoms with Gasteiger partial charge in [-0.05, 0) is 46.5 Å². The predicted octanol–water partition coefficient (Wildman–Crippen LogP) is 1.32. The van der Waals surface area contributed by atoms with E-state index in [1.165, 1.54) is 6.07 Å². The molecule has 0 saturated carbocycles. The van der Waals surface area contributed by atoms with E-state index in [2.05, 4.69) is 20.7 Å². The summed E-state index contributed by atoms with van der Waals surface area (Å²) in [5.41, 5.74) is 1.35. The Hall–Kier alpha value is -0.470. The molecule has 0 aliphatic carbocycles. The second kappa shape index (κ2) is 5.88. The van der Waals surface area contributed by atoms with E-state index < -0.39 is 10.0 Å². The molecule has 0 radical (unpaired) electrons. The zero-order chi connectivity index (χ0) is 14.0. The molecule has 1 aliphatic heterocycles. The normalized spacial score (nSPS) is 19.8. The van der Waals surface area contributed by atoms with Crippen LogP contribution in [0.1, 0.15) is 17.5 Å². The lowest BCUT2D eigenvalue weighted by molar-refractivity contribution is 0.192. The summed E-state index contributed by atoms with van der Waals surface area (Å²) in [5.74, 6) is 0. The van der Waals surface area contributed by atoms with Gasteiger partial charge in [-0.2, -0.15) is 0 Å². The first-order chi connectivity index (χ1) is 8.94. The van der Waals surface area contributed by atoms with Gasteiger partial charge in [-0.15, -0.1) is 0 Å². The van der Waals surface area contributed by atoms with Crippen LogP contribution in [0, 0.1) is 6.92 Å². The average Bonchev–Trinajstić information content (AvgIpc) is 2.84. The zero-order valence-corrected chi connectivity index (χ0v) is 12.9. The molecule has 0 bridgehead atoms. The molecule has 5 nitrogen and oxygen atoms in total. The number of nitrogens with one attached hydrogen (secondary N) is 1. The summed E-state index contributed by atoms with van der Waals surface area (Å²) in [6, 6.07) is 3.05. The number of hydrogen-bond acceptors (Lipinski definition) is 4. The molecular formula is C12H16BrNO4S. The summed E-state index contributed by atoms with van der Waals surface area (Å²) in [6.45, 7) is 2.57. The minimum atomic E-state index is -3.62. The molecule has 7 heteroatoms. The molecule has 0 spiro atoms. The molecule has 2 N–H and O–H groups in total. The van der Waals surface area contributed by atoms with Gasteiger partial charge in [-0.25, -0.2) is 13.1 Å². The Bertz CT molecular complexity index is 567. The number of sulfonamides is 1. The molecule has 19 heavy (non-hydrogen) atoms. The maximum atomic E-state index is 12.4. The van der Waals surface area contributed by atoms with Crippen LogP contribution in [0.4, 0.5) is 0 Å². The third-order valence-electron chi connectivity index (χ3n) is 3.00. The first-order valence-electron chi connectivity index (χ1n) is 5.94. The van der Waals surface area contributed by atoms with Crippen LogP contribution in [0.15, 0.2) is 21.5 Å². The standard InChI is InChI=1S/C12H16BrNO4S/c1-8-4-9(6-15)5-11(12(8)13)19(16,17)14-10-2-3-18-7-10/h4-5,10,14-15H,2-3,6-7H2,1H3. The fraction of sp³-hybridized carbons (Fsp3) is 0.500. The van der Waals surface area contributed by atoms with Crippen LogP contribution in [0.5, 0.6) is 0 Å². The van der Waals surface area contributed by atoms with Crippen molar-refractivity contribution in [2.75, 3.05) is 13.2 Å². The van der Waals surface area contributed by atoms with E-state index in [1.807, 2.05) is 0 Å². The molecule has 1 atom stereocenters.